The van der Waals surface area contributed by atoms with Gasteiger partial charge in [-0.25, -0.2) is 8.78 Å². The minimum absolute atomic E-state index is 0.142. The van der Waals surface area contributed by atoms with Crippen molar-refractivity contribution < 1.29 is 22.9 Å². The highest BCUT2D eigenvalue weighted by molar-refractivity contribution is 5.98. The standard InChI is InChI=1S/C27H29F2N3O3/c28-21-5-3-18(4-6-21)20-15-25(33)32(26(34)16-20)12-2-1-11-31-13-9-19(10-14-31)27-23-8-7-22(29)17-24(23)35-30-27/h3-8,17,19-20H,1-2,9-16H2. The van der Waals surface area contributed by atoms with Crippen LogP contribution in [0.25, 0.3) is 11.0 Å². The minimum Gasteiger partial charge on any atom is -0.356 e. The van der Waals surface area contributed by atoms with E-state index in [0.29, 0.717) is 18.0 Å². The summed E-state index contributed by atoms with van der Waals surface area (Å²) in [6, 6.07) is 10.6. The van der Waals surface area contributed by atoms with Crippen LogP contribution < -0.4 is 0 Å². The fourth-order valence-electron chi connectivity index (χ4n) is 5.33. The lowest BCUT2D eigenvalue weighted by molar-refractivity contribution is -0.148. The van der Waals surface area contributed by atoms with Gasteiger partial charge < -0.3 is 9.42 Å². The van der Waals surface area contributed by atoms with Crippen LogP contribution in [0, 0.1) is 11.6 Å². The molecule has 6 nitrogen and oxygen atoms in total. The summed E-state index contributed by atoms with van der Waals surface area (Å²) in [7, 11) is 0. The molecule has 3 aromatic rings. The van der Waals surface area contributed by atoms with Crippen LogP contribution >= 0.6 is 0 Å². The Morgan fingerprint density at radius 2 is 1.51 bits per heavy atom. The second kappa shape index (κ2) is 10.2. The summed E-state index contributed by atoms with van der Waals surface area (Å²) in [5.74, 6) is -0.802. The predicted molar refractivity (Wildman–Crippen MR) is 127 cm³/mol. The van der Waals surface area contributed by atoms with E-state index in [0.717, 1.165) is 62.0 Å². The number of carbonyl (C=O) groups excluding carboxylic acids is 2. The summed E-state index contributed by atoms with van der Waals surface area (Å²) in [5, 5.41) is 5.10. The number of likely N-dealkylation sites (tertiary alicyclic amines) is 2. The molecule has 2 amide bonds. The number of rotatable bonds is 7. The number of hydrogen-bond donors (Lipinski definition) is 0. The molecular formula is C27H29F2N3O3. The first kappa shape index (κ1) is 23.6. The zero-order valence-corrected chi connectivity index (χ0v) is 19.6. The summed E-state index contributed by atoms with van der Waals surface area (Å²) >= 11 is 0. The highest BCUT2D eigenvalue weighted by Crippen LogP contribution is 2.33. The summed E-state index contributed by atoms with van der Waals surface area (Å²) < 4.78 is 31.9. The van der Waals surface area contributed by atoms with Crippen LogP contribution in [0.1, 0.15) is 61.6 Å². The number of hydrogen-bond acceptors (Lipinski definition) is 5. The van der Waals surface area contributed by atoms with E-state index in [1.165, 1.54) is 29.2 Å². The predicted octanol–water partition coefficient (Wildman–Crippen LogP) is 5.00. The molecule has 5 rings (SSSR count). The minimum atomic E-state index is -0.323. The molecule has 2 aliphatic heterocycles. The first-order chi connectivity index (χ1) is 17.0. The van der Waals surface area contributed by atoms with Gasteiger partial charge in [0.25, 0.3) is 0 Å². The van der Waals surface area contributed by atoms with Crippen molar-refractivity contribution in [2.75, 3.05) is 26.2 Å². The molecule has 2 aromatic carbocycles. The largest absolute Gasteiger partial charge is 0.356 e. The van der Waals surface area contributed by atoms with E-state index in [1.807, 2.05) is 0 Å². The Bertz CT molecular complexity index is 1180. The Kier molecular flexibility index (Phi) is 6.90. The third-order valence-electron chi connectivity index (χ3n) is 7.33. The van der Waals surface area contributed by atoms with Crippen LogP contribution in [0.3, 0.4) is 0 Å². The number of fused-ring (bicyclic) bond motifs is 1. The van der Waals surface area contributed by atoms with Gasteiger partial charge in [-0.05, 0) is 75.1 Å². The maximum Gasteiger partial charge on any atom is 0.229 e. The summed E-state index contributed by atoms with van der Waals surface area (Å²) in [6.45, 7) is 3.26. The number of halogens is 2. The maximum absolute atomic E-state index is 13.4. The van der Waals surface area contributed by atoms with E-state index < -0.39 is 0 Å². The van der Waals surface area contributed by atoms with Gasteiger partial charge in [0, 0.05) is 42.7 Å². The molecule has 8 heteroatoms. The fraction of sp³-hybridized carbons (Fsp3) is 0.444. The third kappa shape index (κ3) is 5.27. The second-order valence-corrected chi connectivity index (χ2v) is 9.63. The Morgan fingerprint density at radius 1 is 0.857 bits per heavy atom. The highest BCUT2D eigenvalue weighted by atomic mass is 19.1. The fourth-order valence-corrected chi connectivity index (χ4v) is 5.33. The lowest BCUT2D eigenvalue weighted by Gasteiger charge is -2.32. The van der Waals surface area contributed by atoms with Gasteiger partial charge in [0.2, 0.25) is 11.8 Å². The van der Waals surface area contributed by atoms with Crippen LogP contribution in [-0.2, 0) is 9.59 Å². The first-order valence-electron chi connectivity index (χ1n) is 12.3. The summed E-state index contributed by atoms with van der Waals surface area (Å²) in [6.07, 6.45) is 4.19. The molecule has 2 aliphatic rings. The van der Waals surface area contributed by atoms with Crippen LogP contribution in [0.5, 0.6) is 0 Å². The Balaban J connectivity index is 1.05. The number of amides is 2. The molecule has 35 heavy (non-hydrogen) atoms. The topological polar surface area (TPSA) is 66.7 Å². The molecule has 0 atom stereocenters. The molecule has 0 aliphatic carbocycles. The lowest BCUT2D eigenvalue weighted by atomic mass is 9.88. The smallest absolute Gasteiger partial charge is 0.229 e. The van der Waals surface area contributed by atoms with Crippen molar-refractivity contribution in [3.63, 3.8) is 0 Å². The summed E-state index contributed by atoms with van der Waals surface area (Å²) in [4.78, 5) is 29.0. The summed E-state index contributed by atoms with van der Waals surface area (Å²) in [5.41, 5.74) is 2.25. The molecule has 0 bridgehead atoms. The second-order valence-electron chi connectivity index (χ2n) is 9.63. The van der Waals surface area contributed by atoms with Gasteiger partial charge in [0.15, 0.2) is 5.58 Å². The van der Waals surface area contributed by atoms with E-state index >= 15 is 0 Å². The van der Waals surface area contributed by atoms with Crippen LogP contribution in [0.4, 0.5) is 8.78 Å². The molecule has 0 N–H and O–H groups in total. The average molecular weight is 482 g/mol. The van der Waals surface area contributed by atoms with E-state index in [2.05, 4.69) is 10.1 Å². The normalized spacial score (nSPS) is 18.6. The van der Waals surface area contributed by atoms with Crippen LogP contribution in [-0.4, -0.2) is 52.9 Å². The van der Waals surface area contributed by atoms with E-state index in [-0.39, 0.29) is 42.2 Å². The van der Waals surface area contributed by atoms with Crippen molar-refractivity contribution in [1.29, 1.82) is 0 Å². The van der Waals surface area contributed by atoms with Crippen molar-refractivity contribution >= 4 is 22.8 Å². The van der Waals surface area contributed by atoms with Crippen molar-refractivity contribution in [2.24, 2.45) is 0 Å². The number of imide groups is 1. The van der Waals surface area contributed by atoms with E-state index in [1.54, 1.807) is 18.2 Å². The van der Waals surface area contributed by atoms with E-state index in [4.69, 9.17) is 4.52 Å². The molecular weight excluding hydrogens is 452 g/mol. The SMILES string of the molecule is O=C1CC(c2ccc(F)cc2)CC(=O)N1CCCCN1CCC(c2noc3cc(F)ccc23)CC1. The van der Waals surface area contributed by atoms with Crippen molar-refractivity contribution in [2.45, 2.75) is 50.4 Å². The van der Waals surface area contributed by atoms with Crippen LogP contribution in [0.15, 0.2) is 47.0 Å². The van der Waals surface area contributed by atoms with Gasteiger partial charge in [-0.1, -0.05) is 17.3 Å². The molecule has 0 saturated carbocycles. The van der Waals surface area contributed by atoms with Crippen LogP contribution in [0.2, 0.25) is 0 Å². The Morgan fingerprint density at radius 3 is 2.23 bits per heavy atom. The molecule has 0 spiro atoms. The van der Waals surface area contributed by atoms with Crippen molar-refractivity contribution in [1.82, 2.24) is 15.0 Å². The highest BCUT2D eigenvalue weighted by Gasteiger charge is 2.33. The molecule has 0 radical (unpaired) electrons. The monoisotopic (exact) mass is 481 g/mol. The van der Waals surface area contributed by atoms with Gasteiger partial charge in [-0.15, -0.1) is 0 Å². The van der Waals surface area contributed by atoms with Gasteiger partial charge in [0.1, 0.15) is 11.6 Å². The average Bonchev–Trinajstić information content (AvgIpc) is 3.27. The molecule has 2 saturated heterocycles. The van der Waals surface area contributed by atoms with Gasteiger partial charge in [-0.2, -0.15) is 0 Å². The number of unbranched alkanes of at least 4 members (excludes halogenated alkanes) is 1. The molecule has 0 unspecified atom stereocenters. The van der Waals surface area contributed by atoms with E-state index in [9.17, 15) is 18.4 Å². The lowest BCUT2D eigenvalue weighted by Crippen LogP contribution is -2.43. The number of nitrogens with zero attached hydrogens (tertiary/aromatic N) is 3. The third-order valence-corrected chi connectivity index (χ3v) is 7.33. The maximum atomic E-state index is 13.4. The molecule has 2 fully saturated rings. The zero-order valence-electron chi connectivity index (χ0n) is 19.6. The number of aromatic nitrogens is 1. The number of carbonyl (C=O) groups is 2. The zero-order chi connectivity index (χ0) is 24.4. The Labute approximate surface area is 202 Å². The quantitative estimate of drug-likeness (QED) is 0.351. The Hall–Kier alpha value is -3.13. The first-order valence-corrected chi connectivity index (χ1v) is 12.3. The van der Waals surface area contributed by atoms with Gasteiger partial charge in [0.05, 0.1) is 5.69 Å². The van der Waals surface area contributed by atoms with Crippen molar-refractivity contribution in [3.05, 3.63) is 65.4 Å². The molecule has 184 valence electrons. The van der Waals surface area contributed by atoms with Crippen molar-refractivity contribution in [3.8, 4) is 0 Å². The number of piperidine rings is 2. The molecule has 3 heterocycles. The number of benzene rings is 2. The van der Waals surface area contributed by atoms with Gasteiger partial charge in [-0.3, -0.25) is 14.5 Å². The molecule has 1 aromatic heterocycles. The van der Waals surface area contributed by atoms with Gasteiger partial charge >= 0.3 is 0 Å².